The molecule has 0 spiro atoms. The van der Waals surface area contributed by atoms with Crippen molar-refractivity contribution in [1.29, 1.82) is 0 Å². The zero-order valence-corrected chi connectivity index (χ0v) is 14.2. The lowest BCUT2D eigenvalue weighted by Crippen LogP contribution is -1.88. The van der Waals surface area contributed by atoms with Crippen molar-refractivity contribution in [3.05, 3.63) is 0 Å². The lowest BCUT2D eigenvalue weighted by atomic mass is 10.1. The van der Waals surface area contributed by atoms with Crippen LogP contribution < -0.4 is 0 Å². The molecule has 0 atom stereocenters. The van der Waals surface area contributed by atoms with Gasteiger partial charge in [-0.1, -0.05) is 64.2 Å². The molecule has 0 N–H and O–H groups in total. The fourth-order valence-electron chi connectivity index (χ4n) is 2.01. The molecule has 0 fully saturated rings. The summed E-state index contributed by atoms with van der Waals surface area (Å²) in [7, 11) is 0. The molecule has 0 rings (SSSR count). The normalized spacial score (nSPS) is 11.7. The number of hydrogen-bond acceptors (Lipinski definition) is 0. The van der Waals surface area contributed by atoms with Gasteiger partial charge >= 0.3 is 0 Å². The molecular formula is C14H26Cl4. The van der Waals surface area contributed by atoms with Crippen molar-refractivity contribution in [2.24, 2.45) is 0 Å². The van der Waals surface area contributed by atoms with Crippen LogP contribution in [0, 0.1) is 0 Å². The van der Waals surface area contributed by atoms with Crippen LogP contribution in [0.5, 0.6) is 0 Å². The Kier molecular flexibility index (Phi) is 15.5. The maximum absolute atomic E-state index is 5.67. The Morgan fingerprint density at radius 3 is 0.833 bits per heavy atom. The van der Waals surface area contributed by atoms with E-state index in [0.29, 0.717) is 0 Å². The van der Waals surface area contributed by atoms with Gasteiger partial charge in [-0.3, -0.25) is 0 Å². The zero-order chi connectivity index (χ0) is 13.6. The summed E-state index contributed by atoms with van der Waals surface area (Å²) in [5.74, 6) is 0. The van der Waals surface area contributed by atoms with Crippen LogP contribution >= 0.6 is 46.4 Å². The van der Waals surface area contributed by atoms with Crippen LogP contribution in [-0.4, -0.2) is 9.67 Å². The Bertz CT molecular complexity index is 142. The highest BCUT2D eigenvalue weighted by molar-refractivity contribution is 6.44. The summed E-state index contributed by atoms with van der Waals surface area (Å²) in [5.41, 5.74) is 0. The number of halogens is 4. The molecule has 0 aromatic rings. The Labute approximate surface area is 133 Å². The molecule has 0 saturated heterocycles. The summed E-state index contributed by atoms with van der Waals surface area (Å²) in [4.78, 5) is -0.351. The van der Waals surface area contributed by atoms with Crippen LogP contribution in [0.4, 0.5) is 0 Å². The molecule has 0 saturated carbocycles. The average Bonchev–Trinajstić information content (AvgIpc) is 2.29. The van der Waals surface area contributed by atoms with Crippen molar-refractivity contribution in [2.75, 3.05) is 0 Å². The first-order chi connectivity index (χ1) is 8.63. The summed E-state index contributed by atoms with van der Waals surface area (Å²) >= 11 is 22.7. The average molecular weight is 336 g/mol. The molecule has 110 valence electrons. The minimum atomic E-state index is -0.175. The maximum atomic E-state index is 5.67. The van der Waals surface area contributed by atoms with E-state index in [9.17, 15) is 0 Å². The highest BCUT2D eigenvalue weighted by Crippen LogP contribution is 2.16. The van der Waals surface area contributed by atoms with Crippen molar-refractivity contribution in [2.45, 2.75) is 86.7 Å². The number of alkyl halides is 4. The predicted octanol–water partition coefficient (Wildman–Crippen LogP) is 7.28. The molecule has 0 aliphatic rings. The Morgan fingerprint density at radius 2 is 0.611 bits per heavy atom. The second kappa shape index (κ2) is 14.6. The van der Waals surface area contributed by atoms with Gasteiger partial charge in [0.1, 0.15) is 9.67 Å². The third-order valence-electron chi connectivity index (χ3n) is 3.09. The predicted molar refractivity (Wildman–Crippen MR) is 86.4 cm³/mol. The molecule has 0 nitrogen and oxygen atoms in total. The summed E-state index contributed by atoms with van der Waals surface area (Å²) < 4.78 is 0. The molecule has 0 aliphatic heterocycles. The van der Waals surface area contributed by atoms with Gasteiger partial charge in [0.15, 0.2) is 0 Å². The first kappa shape index (κ1) is 19.2. The van der Waals surface area contributed by atoms with Crippen molar-refractivity contribution in [1.82, 2.24) is 0 Å². The molecule has 0 radical (unpaired) electrons. The molecule has 0 aromatic carbocycles. The van der Waals surface area contributed by atoms with Crippen molar-refractivity contribution < 1.29 is 0 Å². The van der Waals surface area contributed by atoms with E-state index in [-0.39, 0.29) is 9.67 Å². The molecule has 0 heterocycles. The summed E-state index contributed by atoms with van der Waals surface area (Å²) in [6, 6.07) is 0. The van der Waals surface area contributed by atoms with E-state index in [2.05, 4.69) is 0 Å². The van der Waals surface area contributed by atoms with Gasteiger partial charge in [0, 0.05) is 0 Å². The molecule has 0 aromatic heterocycles. The summed E-state index contributed by atoms with van der Waals surface area (Å²) in [6.07, 6.45) is 14.8. The minimum Gasteiger partial charge on any atom is -0.105 e. The van der Waals surface area contributed by atoms with E-state index >= 15 is 0 Å². The van der Waals surface area contributed by atoms with Crippen molar-refractivity contribution in [3.63, 3.8) is 0 Å². The zero-order valence-electron chi connectivity index (χ0n) is 11.2. The Hall–Kier alpha value is 1.16. The second-order valence-electron chi connectivity index (χ2n) is 4.90. The first-order valence-electron chi connectivity index (χ1n) is 7.19. The highest BCUT2D eigenvalue weighted by atomic mass is 35.5. The van der Waals surface area contributed by atoms with Crippen LogP contribution in [0.25, 0.3) is 0 Å². The molecule has 0 unspecified atom stereocenters. The number of rotatable bonds is 13. The molecule has 4 heteroatoms. The molecule has 0 amide bonds. The van der Waals surface area contributed by atoms with Gasteiger partial charge in [-0.2, -0.15) is 0 Å². The molecule has 0 aliphatic carbocycles. The largest absolute Gasteiger partial charge is 0.107 e. The van der Waals surface area contributed by atoms with Gasteiger partial charge in [0.25, 0.3) is 0 Å². The van der Waals surface area contributed by atoms with Crippen LogP contribution in [0.1, 0.15) is 77.0 Å². The molecular weight excluding hydrogens is 310 g/mol. The van der Waals surface area contributed by atoms with E-state index in [4.69, 9.17) is 46.4 Å². The van der Waals surface area contributed by atoms with E-state index < -0.39 is 0 Å². The van der Waals surface area contributed by atoms with E-state index in [1.807, 2.05) is 0 Å². The van der Waals surface area contributed by atoms with Crippen LogP contribution in [-0.2, 0) is 0 Å². The van der Waals surface area contributed by atoms with E-state index in [1.165, 1.54) is 51.4 Å². The van der Waals surface area contributed by atoms with E-state index in [1.54, 1.807) is 0 Å². The third-order valence-corrected chi connectivity index (χ3v) is 3.97. The fourth-order valence-corrected chi connectivity index (χ4v) is 2.63. The molecule has 18 heavy (non-hydrogen) atoms. The van der Waals surface area contributed by atoms with Gasteiger partial charge < -0.3 is 0 Å². The van der Waals surface area contributed by atoms with Crippen LogP contribution in [0.3, 0.4) is 0 Å². The monoisotopic (exact) mass is 334 g/mol. The Balaban J connectivity index is 2.95. The highest BCUT2D eigenvalue weighted by Gasteiger charge is 1.99. The van der Waals surface area contributed by atoms with E-state index in [0.717, 1.165) is 25.7 Å². The van der Waals surface area contributed by atoms with Gasteiger partial charge in [-0.25, -0.2) is 0 Å². The quantitative estimate of drug-likeness (QED) is 0.245. The second-order valence-corrected chi connectivity index (χ2v) is 7.45. The fraction of sp³-hybridized carbons (Fsp3) is 1.00. The lowest BCUT2D eigenvalue weighted by molar-refractivity contribution is 0.546. The van der Waals surface area contributed by atoms with Gasteiger partial charge in [0.05, 0.1) is 0 Å². The van der Waals surface area contributed by atoms with Crippen molar-refractivity contribution >= 4 is 46.4 Å². The summed E-state index contributed by atoms with van der Waals surface area (Å²) in [6.45, 7) is 0. The van der Waals surface area contributed by atoms with Crippen molar-refractivity contribution in [3.8, 4) is 0 Å². The standard InChI is InChI=1S/C14H26Cl4/c15-13(16)11-9-7-5-3-1-2-4-6-8-10-12-14(17)18/h13-14H,1-12H2. The molecule has 0 bridgehead atoms. The number of hydrogen-bond donors (Lipinski definition) is 0. The smallest absolute Gasteiger partial charge is 0.105 e. The van der Waals surface area contributed by atoms with Crippen LogP contribution in [0.15, 0.2) is 0 Å². The Morgan fingerprint density at radius 1 is 0.389 bits per heavy atom. The topological polar surface area (TPSA) is 0 Å². The summed E-state index contributed by atoms with van der Waals surface area (Å²) in [5, 5.41) is 0. The van der Waals surface area contributed by atoms with Crippen LogP contribution in [0.2, 0.25) is 0 Å². The minimum absolute atomic E-state index is 0.175. The first-order valence-corrected chi connectivity index (χ1v) is 8.94. The van der Waals surface area contributed by atoms with Gasteiger partial charge in [-0.05, 0) is 12.8 Å². The lowest BCUT2D eigenvalue weighted by Gasteiger charge is -2.03. The van der Waals surface area contributed by atoms with Gasteiger partial charge in [0.2, 0.25) is 0 Å². The maximum Gasteiger partial charge on any atom is 0.107 e. The SMILES string of the molecule is ClC(Cl)CCCCCCCCCCCCC(Cl)Cl. The van der Waals surface area contributed by atoms with Gasteiger partial charge in [-0.15, -0.1) is 46.4 Å². The number of unbranched alkanes of at least 4 members (excludes halogenated alkanes) is 9. The third kappa shape index (κ3) is 17.2.